The van der Waals surface area contributed by atoms with E-state index in [1.54, 1.807) is 7.11 Å². The molecular weight excluding hydrogens is 220 g/mol. The SMILES string of the molecule is COC1CNC(C(=O)N[C@@H]2CCCC[C@H]2O)C1. The Morgan fingerprint density at radius 1 is 1.41 bits per heavy atom. The van der Waals surface area contributed by atoms with Gasteiger partial charge in [0, 0.05) is 13.7 Å². The number of nitrogens with one attached hydrogen (secondary N) is 2. The van der Waals surface area contributed by atoms with Crippen molar-refractivity contribution in [2.75, 3.05) is 13.7 Å². The molecule has 0 aromatic carbocycles. The van der Waals surface area contributed by atoms with E-state index in [1.807, 2.05) is 0 Å². The predicted octanol–water partition coefficient (Wildman–Crippen LogP) is -0.217. The van der Waals surface area contributed by atoms with Gasteiger partial charge in [0.2, 0.25) is 5.91 Å². The van der Waals surface area contributed by atoms with Crippen LogP contribution in [-0.2, 0) is 9.53 Å². The number of aliphatic hydroxyl groups is 1. The van der Waals surface area contributed by atoms with E-state index in [0.29, 0.717) is 6.42 Å². The molecule has 0 bridgehead atoms. The van der Waals surface area contributed by atoms with Crippen LogP contribution in [0.3, 0.4) is 0 Å². The summed E-state index contributed by atoms with van der Waals surface area (Å²) >= 11 is 0. The molecule has 1 saturated carbocycles. The predicted molar refractivity (Wildman–Crippen MR) is 63.6 cm³/mol. The molecule has 4 atom stereocenters. The number of amides is 1. The van der Waals surface area contributed by atoms with E-state index in [2.05, 4.69) is 10.6 Å². The molecule has 2 fully saturated rings. The second kappa shape index (κ2) is 5.80. The van der Waals surface area contributed by atoms with Crippen LogP contribution in [0.2, 0.25) is 0 Å². The van der Waals surface area contributed by atoms with Crippen LogP contribution < -0.4 is 10.6 Å². The van der Waals surface area contributed by atoms with E-state index in [1.165, 1.54) is 0 Å². The van der Waals surface area contributed by atoms with Gasteiger partial charge in [-0.15, -0.1) is 0 Å². The molecule has 0 spiro atoms. The van der Waals surface area contributed by atoms with Crippen LogP contribution in [0.4, 0.5) is 0 Å². The number of aliphatic hydroxyl groups excluding tert-OH is 1. The summed E-state index contributed by atoms with van der Waals surface area (Å²) < 4.78 is 5.21. The minimum Gasteiger partial charge on any atom is -0.391 e. The molecule has 17 heavy (non-hydrogen) atoms. The first-order chi connectivity index (χ1) is 8.20. The zero-order valence-electron chi connectivity index (χ0n) is 10.3. The van der Waals surface area contributed by atoms with Crippen molar-refractivity contribution in [2.24, 2.45) is 0 Å². The molecule has 2 aliphatic rings. The van der Waals surface area contributed by atoms with E-state index >= 15 is 0 Å². The van der Waals surface area contributed by atoms with E-state index in [0.717, 1.165) is 32.2 Å². The lowest BCUT2D eigenvalue weighted by atomic mass is 9.92. The molecule has 1 heterocycles. The standard InChI is InChI=1S/C12H22N2O3/c1-17-8-6-10(13-7-8)12(16)14-9-4-2-3-5-11(9)15/h8-11,13,15H,2-7H2,1H3,(H,14,16)/t8?,9-,10?,11-/m1/s1. The zero-order chi connectivity index (χ0) is 12.3. The van der Waals surface area contributed by atoms with Crippen LogP contribution in [0.5, 0.6) is 0 Å². The number of ether oxygens (including phenoxy) is 1. The third kappa shape index (κ3) is 3.18. The van der Waals surface area contributed by atoms with Gasteiger partial charge in [0.05, 0.1) is 24.3 Å². The molecule has 2 unspecified atom stereocenters. The molecule has 0 aromatic heterocycles. The number of hydrogen-bond donors (Lipinski definition) is 3. The number of carbonyl (C=O) groups excluding carboxylic acids is 1. The maximum atomic E-state index is 12.0. The van der Waals surface area contributed by atoms with Gasteiger partial charge in [0.15, 0.2) is 0 Å². The van der Waals surface area contributed by atoms with Gasteiger partial charge < -0.3 is 20.5 Å². The molecule has 1 aliphatic carbocycles. The summed E-state index contributed by atoms with van der Waals surface area (Å²) in [5.41, 5.74) is 0. The van der Waals surface area contributed by atoms with E-state index in [-0.39, 0.29) is 30.2 Å². The van der Waals surface area contributed by atoms with Crippen molar-refractivity contribution < 1.29 is 14.6 Å². The Morgan fingerprint density at radius 2 is 2.18 bits per heavy atom. The summed E-state index contributed by atoms with van der Waals surface area (Å²) in [7, 11) is 1.66. The fourth-order valence-electron chi connectivity index (χ4n) is 2.65. The highest BCUT2D eigenvalue weighted by Gasteiger charge is 2.32. The van der Waals surface area contributed by atoms with Crippen LogP contribution >= 0.6 is 0 Å². The Kier molecular flexibility index (Phi) is 4.36. The van der Waals surface area contributed by atoms with Gasteiger partial charge in [0.1, 0.15) is 0 Å². The highest BCUT2D eigenvalue weighted by Crippen LogP contribution is 2.19. The fraction of sp³-hybridized carbons (Fsp3) is 0.917. The Morgan fingerprint density at radius 3 is 2.82 bits per heavy atom. The van der Waals surface area contributed by atoms with Gasteiger partial charge in [-0.05, 0) is 19.3 Å². The summed E-state index contributed by atoms with van der Waals surface area (Å²) in [6.07, 6.45) is 4.28. The maximum absolute atomic E-state index is 12.0. The molecule has 5 heteroatoms. The first-order valence-electron chi connectivity index (χ1n) is 6.45. The molecule has 2 rings (SSSR count). The van der Waals surface area contributed by atoms with Gasteiger partial charge in [-0.3, -0.25) is 4.79 Å². The molecule has 98 valence electrons. The summed E-state index contributed by atoms with van der Waals surface area (Å²) in [5, 5.41) is 15.9. The topological polar surface area (TPSA) is 70.6 Å². The van der Waals surface area contributed by atoms with Gasteiger partial charge in [-0.1, -0.05) is 12.8 Å². The van der Waals surface area contributed by atoms with Gasteiger partial charge >= 0.3 is 0 Å². The van der Waals surface area contributed by atoms with Crippen LogP contribution in [0.1, 0.15) is 32.1 Å². The van der Waals surface area contributed by atoms with Crippen molar-refractivity contribution >= 4 is 5.91 Å². The average Bonchev–Trinajstić information content (AvgIpc) is 2.81. The summed E-state index contributed by atoms with van der Waals surface area (Å²) in [4.78, 5) is 12.0. The van der Waals surface area contributed by atoms with Crippen LogP contribution in [-0.4, -0.2) is 49.0 Å². The van der Waals surface area contributed by atoms with Crippen LogP contribution in [0.15, 0.2) is 0 Å². The highest BCUT2D eigenvalue weighted by atomic mass is 16.5. The summed E-state index contributed by atoms with van der Waals surface area (Å²) in [5.74, 6) is -0.00417. The quantitative estimate of drug-likeness (QED) is 0.640. The normalized spacial score (nSPS) is 38.0. The molecule has 1 amide bonds. The van der Waals surface area contributed by atoms with Crippen molar-refractivity contribution in [2.45, 2.75) is 56.4 Å². The summed E-state index contributed by atoms with van der Waals surface area (Å²) in [6, 6.07) is -0.242. The minimum absolute atomic E-state index is 0.00417. The summed E-state index contributed by atoms with van der Waals surface area (Å²) in [6.45, 7) is 0.724. The molecule has 3 N–H and O–H groups in total. The molecule has 1 saturated heterocycles. The minimum atomic E-state index is -0.382. The molecular formula is C12H22N2O3. The van der Waals surface area contributed by atoms with Gasteiger partial charge in [0.25, 0.3) is 0 Å². The number of hydrogen-bond acceptors (Lipinski definition) is 4. The molecule has 5 nitrogen and oxygen atoms in total. The van der Waals surface area contributed by atoms with Crippen molar-refractivity contribution in [3.8, 4) is 0 Å². The lowest BCUT2D eigenvalue weighted by molar-refractivity contribution is -0.124. The van der Waals surface area contributed by atoms with E-state index in [4.69, 9.17) is 4.74 Å². The molecule has 0 aromatic rings. The maximum Gasteiger partial charge on any atom is 0.237 e. The monoisotopic (exact) mass is 242 g/mol. The van der Waals surface area contributed by atoms with Gasteiger partial charge in [-0.2, -0.15) is 0 Å². The smallest absolute Gasteiger partial charge is 0.237 e. The van der Waals surface area contributed by atoms with Gasteiger partial charge in [-0.25, -0.2) is 0 Å². The fourth-order valence-corrected chi connectivity index (χ4v) is 2.65. The Bertz CT molecular complexity index is 272. The van der Waals surface area contributed by atoms with Crippen molar-refractivity contribution in [1.29, 1.82) is 0 Å². The second-order valence-electron chi connectivity index (χ2n) is 5.02. The van der Waals surface area contributed by atoms with Crippen molar-refractivity contribution in [3.63, 3.8) is 0 Å². The lowest BCUT2D eigenvalue weighted by Gasteiger charge is -2.29. The number of carbonyl (C=O) groups is 1. The Hall–Kier alpha value is -0.650. The highest BCUT2D eigenvalue weighted by molar-refractivity contribution is 5.82. The van der Waals surface area contributed by atoms with E-state index in [9.17, 15) is 9.90 Å². The first kappa shape index (κ1) is 12.8. The Labute approximate surface area is 102 Å². The van der Waals surface area contributed by atoms with Crippen molar-refractivity contribution in [3.05, 3.63) is 0 Å². The lowest BCUT2D eigenvalue weighted by Crippen LogP contribution is -2.50. The third-order valence-electron chi connectivity index (χ3n) is 3.80. The molecule has 1 aliphatic heterocycles. The number of methoxy groups -OCH3 is 1. The molecule has 0 radical (unpaired) electrons. The van der Waals surface area contributed by atoms with Crippen molar-refractivity contribution in [1.82, 2.24) is 10.6 Å². The first-order valence-corrected chi connectivity index (χ1v) is 6.45. The zero-order valence-corrected chi connectivity index (χ0v) is 10.3. The van der Waals surface area contributed by atoms with Crippen LogP contribution in [0.25, 0.3) is 0 Å². The third-order valence-corrected chi connectivity index (χ3v) is 3.80. The number of rotatable bonds is 3. The van der Waals surface area contributed by atoms with E-state index < -0.39 is 0 Å². The Balaban J connectivity index is 1.80. The second-order valence-corrected chi connectivity index (χ2v) is 5.02. The largest absolute Gasteiger partial charge is 0.391 e. The van der Waals surface area contributed by atoms with Crippen LogP contribution in [0, 0.1) is 0 Å². The average molecular weight is 242 g/mol.